The molecule has 0 aliphatic carbocycles. The van der Waals surface area contributed by atoms with Crippen LogP contribution in [0.4, 0.5) is 23.4 Å². The van der Waals surface area contributed by atoms with Crippen molar-refractivity contribution in [3.8, 4) is 35.4 Å². The average Bonchev–Trinajstić information content (AvgIpc) is 3.64. The Labute approximate surface area is 262 Å². The van der Waals surface area contributed by atoms with E-state index in [1.165, 1.54) is 18.3 Å². The number of halogens is 4. The summed E-state index contributed by atoms with van der Waals surface area (Å²) in [5.41, 5.74) is -0.701. The number of benzene rings is 2. The molecule has 8 rings (SSSR count). The number of nitrogens with one attached hydrogen (secondary N) is 1. The predicted molar refractivity (Wildman–Crippen MR) is 166 cm³/mol. The van der Waals surface area contributed by atoms with E-state index in [0.717, 1.165) is 12.8 Å². The summed E-state index contributed by atoms with van der Waals surface area (Å²) in [5, 5.41) is 15.6. The van der Waals surface area contributed by atoms with Crippen LogP contribution in [0, 0.1) is 12.3 Å². The van der Waals surface area contributed by atoms with E-state index in [0.29, 0.717) is 40.6 Å². The Morgan fingerprint density at radius 3 is 2.50 bits per heavy atom. The van der Waals surface area contributed by atoms with E-state index in [2.05, 4.69) is 26.1 Å². The molecule has 2 unspecified atom stereocenters. The zero-order valence-electron chi connectivity index (χ0n) is 24.9. The lowest BCUT2D eigenvalue weighted by atomic mass is 9.94. The number of anilines is 1. The second kappa shape index (κ2) is 11.0. The first-order valence-electron chi connectivity index (χ1n) is 15.6. The number of ether oxygens (including phenoxy) is 1. The van der Waals surface area contributed by atoms with E-state index >= 15 is 8.78 Å². The van der Waals surface area contributed by atoms with E-state index in [1.807, 2.05) is 0 Å². The van der Waals surface area contributed by atoms with Crippen LogP contribution in [-0.4, -0.2) is 87.7 Å². The van der Waals surface area contributed by atoms with Crippen LogP contribution >= 0.6 is 0 Å². The van der Waals surface area contributed by atoms with Crippen molar-refractivity contribution in [2.45, 2.75) is 62.1 Å². The van der Waals surface area contributed by atoms with Gasteiger partial charge in [-0.2, -0.15) is 9.97 Å². The Kier molecular flexibility index (Phi) is 6.95. The van der Waals surface area contributed by atoms with E-state index in [-0.39, 0.29) is 73.2 Å². The third-order valence-electron chi connectivity index (χ3n) is 10.0. The molecule has 4 aliphatic rings. The zero-order chi connectivity index (χ0) is 31.7. The van der Waals surface area contributed by atoms with Crippen LogP contribution in [0.5, 0.6) is 11.8 Å². The maximum Gasteiger partial charge on any atom is 0.319 e. The quantitative estimate of drug-likeness (QED) is 0.219. The van der Waals surface area contributed by atoms with Crippen molar-refractivity contribution < 1.29 is 27.4 Å². The summed E-state index contributed by atoms with van der Waals surface area (Å²) < 4.78 is 65.7. The number of aromatic hydroxyl groups is 1. The summed E-state index contributed by atoms with van der Waals surface area (Å²) in [5.74, 6) is 2.91. The predicted octanol–water partition coefficient (Wildman–Crippen LogP) is 5.31. The molecule has 238 valence electrons. The Hall–Kier alpha value is -4.21. The van der Waals surface area contributed by atoms with Crippen LogP contribution in [0.1, 0.15) is 43.2 Å². The van der Waals surface area contributed by atoms with Crippen molar-refractivity contribution in [2.75, 3.05) is 37.7 Å². The van der Waals surface area contributed by atoms with Crippen molar-refractivity contribution >= 4 is 27.5 Å². The van der Waals surface area contributed by atoms with Gasteiger partial charge in [0.05, 0.1) is 27.7 Å². The number of pyridine rings is 1. The van der Waals surface area contributed by atoms with E-state index in [4.69, 9.17) is 16.1 Å². The molecule has 4 atom stereocenters. The number of nitrogens with zero attached hydrogens (tertiary/aromatic N) is 5. The first kappa shape index (κ1) is 29.2. The molecule has 2 aromatic carbocycles. The zero-order valence-corrected chi connectivity index (χ0v) is 24.9. The third-order valence-corrected chi connectivity index (χ3v) is 10.0. The van der Waals surface area contributed by atoms with Crippen molar-refractivity contribution in [1.82, 2.24) is 25.2 Å². The summed E-state index contributed by atoms with van der Waals surface area (Å²) in [6.07, 6.45) is 4.28. The van der Waals surface area contributed by atoms with Crippen LogP contribution in [-0.2, 0) is 0 Å². The largest absolute Gasteiger partial charge is 0.508 e. The average molecular weight is 633 g/mol. The molecule has 6 heterocycles. The molecule has 4 fully saturated rings. The van der Waals surface area contributed by atoms with Gasteiger partial charge in [-0.25, -0.2) is 17.6 Å². The molecule has 0 saturated carbocycles. The van der Waals surface area contributed by atoms with Gasteiger partial charge in [0.25, 0.3) is 6.43 Å². The monoisotopic (exact) mass is 632 g/mol. The number of phenols is 1. The van der Waals surface area contributed by atoms with Crippen LogP contribution in [0.2, 0.25) is 0 Å². The lowest BCUT2D eigenvalue weighted by Gasteiger charge is -2.34. The fraction of sp³-hybridized carbons (Fsp3) is 0.441. The lowest BCUT2D eigenvalue weighted by Crippen LogP contribution is -2.51. The number of rotatable bonds is 6. The minimum atomic E-state index is -3.02. The maximum absolute atomic E-state index is 15.3. The number of terminal acetylenes is 1. The van der Waals surface area contributed by atoms with Gasteiger partial charge >= 0.3 is 6.01 Å². The Bertz CT molecular complexity index is 1870. The number of hydrogen-bond acceptors (Lipinski definition) is 8. The molecule has 8 nitrogen and oxygen atoms in total. The van der Waals surface area contributed by atoms with Crippen LogP contribution in [0.25, 0.3) is 32.9 Å². The first-order valence-corrected chi connectivity index (χ1v) is 15.6. The standard InChI is InChI=1S/C34H32F4N6O2/c1-2-18-4-3-5-19-8-24(45)9-25(27(18)19)29-28(31(37)38)30-26(12-39-29)32(43-15-22-6-7-23(16-43)40-22)42-33(41-30)46-17-34-10-20(35)13-44(34)14-21(36)11-34/h1,3-5,8-9,12,20-23,31,40,45H,6-7,10-11,13-17H2/t20-,21-,22?,23?/m1/s1. The molecular formula is C34H32F4N6O2. The molecule has 0 radical (unpaired) electrons. The van der Waals surface area contributed by atoms with Crippen molar-refractivity contribution in [3.63, 3.8) is 0 Å². The molecule has 4 aliphatic heterocycles. The first-order chi connectivity index (χ1) is 22.2. The molecule has 4 saturated heterocycles. The minimum absolute atomic E-state index is 0.0421. The van der Waals surface area contributed by atoms with E-state index in [9.17, 15) is 13.9 Å². The normalized spacial score (nSPS) is 25.4. The van der Waals surface area contributed by atoms with Gasteiger partial charge in [0.15, 0.2) is 0 Å². The van der Waals surface area contributed by atoms with Crippen molar-refractivity contribution in [1.29, 1.82) is 0 Å². The van der Waals surface area contributed by atoms with Crippen LogP contribution in [0.15, 0.2) is 36.5 Å². The molecule has 2 aromatic heterocycles. The highest BCUT2D eigenvalue weighted by Gasteiger charge is 2.53. The SMILES string of the molecule is C#Cc1cccc2cc(O)cc(-c3ncc4c(N5CC6CCC(C5)N6)nc(OCC56C[C@@H](F)CN5C[C@H](F)C6)nc4c3C(F)F)c12. The van der Waals surface area contributed by atoms with Crippen LogP contribution in [0.3, 0.4) is 0 Å². The number of alkyl halides is 4. The van der Waals surface area contributed by atoms with Crippen molar-refractivity contribution in [3.05, 3.63) is 47.7 Å². The summed E-state index contributed by atoms with van der Waals surface area (Å²) in [6, 6.07) is 8.39. The maximum atomic E-state index is 15.3. The lowest BCUT2D eigenvalue weighted by molar-refractivity contribution is 0.107. The third kappa shape index (κ3) is 4.79. The highest BCUT2D eigenvalue weighted by Crippen LogP contribution is 2.44. The second-order valence-electron chi connectivity index (χ2n) is 13.0. The molecule has 46 heavy (non-hydrogen) atoms. The Morgan fingerprint density at radius 1 is 1.07 bits per heavy atom. The Morgan fingerprint density at radius 2 is 1.80 bits per heavy atom. The smallest absolute Gasteiger partial charge is 0.319 e. The number of piperazine rings is 1. The number of aromatic nitrogens is 3. The molecule has 4 aromatic rings. The van der Waals surface area contributed by atoms with Gasteiger partial charge in [-0.1, -0.05) is 18.1 Å². The molecule has 2 bridgehead atoms. The van der Waals surface area contributed by atoms with Gasteiger partial charge in [0.1, 0.15) is 30.5 Å². The summed E-state index contributed by atoms with van der Waals surface area (Å²) in [6.45, 7) is 1.40. The van der Waals surface area contributed by atoms with Gasteiger partial charge in [-0.05, 0) is 36.4 Å². The van der Waals surface area contributed by atoms with Crippen molar-refractivity contribution in [2.24, 2.45) is 0 Å². The summed E-state index contributed by atoms with van der Waals surface area (Å²) >= 11 is 0. The number of phenolic OH excluding ortho intramolecular Hbond substituents is 1. The van der Waals surface area contributed by atoms with E-state index in [1.54, 1.807) is 23.1 Å². The topological polar surface area (TPSA) is 86.6 Å². The molecule has 0 amide bonds. The molecular weight excluding hydrogens is 600 g/mol. The van der Waals surface area contributed by atoms with Gasteiger partial charge in [0, 0.05) is 73.8 Å². The molecule has 12 heteroatoms. The Balaban J connectivity index is 1.30. The summed E-state index contributed by atoms with van der Waals surface area (Å²) in [7, 11) is 0. The fourth-order valence-electron chi connectivity index (χ4n) is 8.13. The van der Waals surface area contributed by atoms with Gasteiger partial charge in [-0.15, -0.1) is 6.42 Å². The number of hydrogen-bond donors (Lipinski definition) is 2. The number of fused-ring (bicyclic) bond motifs is 5. The van der Waals surface area contributed by atoms with E-state index < -0.39 is 29.9 Å². The van der Waals surface area contributed by atoms with Crippen LogP contribution < -0.4 is 15.0 Å². The fourth-order valence-corrected chi connectivity index (χ4v) is 8.13. The highest BCUT2D eigenvalue weighted by atomic mass is 19.3. The highest BCUT2D eigenvalue weighted by molar-refractivity contribution is 6.04. The van der Waals surface area contributed by atoms with Gasteiger partial charge in [0.2, 0.25) is 0 Å². The minimum Gasteiger partial charge on any atom is -0.508 e. The molecule has 0 spiro atoms. The second-order valence-corrected chi connectivity index (χ2v) is 13.0. The summed E-state index contributed by atoms with van der Waals surface area (Å²) in [4.78, 5) is 17.7. The van der Waals surface area contributed by atoms with Gasteiger partial charge < -0.3 is 20.1 Å². The van der Waals surface area contributed by atoms with Gasteiger partial charge in [-0.3, -0.25) is 9.88 Å². The molecule has 2 N–H and O–H groups in total.